The lowest BCUT2D eigenvalue weighted by molar-refractivity contribution is -0.106. The zero-order valence-electron chi connectivity index (χ0n) is 16.1. The fraction of sp³-hybridized carbons (Fsp3) is 0.667. The lowest BCUT2D eigenvalue weighted by Gasteiger charge is -2.55. The number of ether oxygens (including phenoxy) is 2. The molecule has 2 fully saturated rings. The molecule has 5 nitrogen and oxygen atoms in total. The minimum atomic E-state index is 0.155. The number of aliphatic imine (C=N–C) groups is 1. The van der Waals surface area contributed by atoms with E-state index in [1.54, 1.807) is 0 Å². The van der Waals surface area contributed by atoms with E-state index in [0.717, 1.165) is 50.9 Å². The summed E-state index contributed by atoms with van der Waals surface area (Å²) in [6, 6.07) is 8.78. The molecule has 3 aliphatic rings. The Morgan fingerprint density at radius 2 is 2.08 bits per heavy atom. The van der Waals surface area contributed by atoms with Gasteiger partial charge in [-0.2, -0.15) is 0 Å². The number of nitrogens with one attached hydrogen (secondary N) is 2. The first-order valence-corrected chi connectivity index (χ1v) is 9.99. The molecule has 2 N–H and O–H groups in total. The maximum Gasteiger partial charge on any atom is 0.191 e. The van der Waals surface area contributed by atoms with E-state index in [1.807, 2.05) is 6.07 Å². The molecule has 2 heterocycles. The molecule has 0 spiro atoms. The van der Waals surface area contributed by atoms with E-state index in [4.69, 9.17) is 14.5 Å². The largest absolute Gasteiger partial charge is 0.493 e. The Balaban J connectivity index is 1.45. The van der Waals surface area contributed by atoms with Crippen LogP contribution in [0.15, 0.2) is 29.3 Å². The van der Waals surface area contributed by atoms with Crippen molar-refractivity contribution in [2.24, 2.45) is 16.3 Å². The van der Waals surface area contributed by atoms with E-state index in [9.17, 15) is 0 Å². The van der Waals surface area contributed by atoms with Crippen LogP contribution in [0.3, 0.4) is 0 Å². The van der Waals surface area contributed by atoms with Crippen LogP contribution in [0, 0.1) is 11.3 Å². The first-order chi connectivity index (χ1) is 12.6. The standard InChI is InChI=1S/C21H31N3O2/c1-4-22-20(24-18-16-10-12-26-19(16)21(18,2)3)23-13-14-9-11-25-17-8-6-5-7-15(14)17/h5-8,14,16,18-19H,4,9-13H2,1-3H3,(H2,22,23,24). The minimum absolute atomic E-state index is 0.155. The quantitative estimate of drug-likeness (QED) is 0.643. The summed E-state index contributed by atoms with van der Waals surface area (Å²) in [5.41, 5.74) is 1.44. The second kappa shape index (κ2) is 7.10. The van der Waals surface area contributed by atoms with Gasteiger partial charge in [0.15, 0.2) is 5.96 Å². The number of hydrogen-bond donors (Lipinski definition) is 2. The molecule has 1 aromatic rings. The van der Waals surface area contributed by atoms with E-state index in [1.165, 1.54) is 5.56 Å². The summed E-state index contributed by atoms with van der Waals surface area (Å²) in [6.07, 6.45) is 2.57. The second-order valence-electron chi connectivity index (χ2n) is 8.28. The Kier molecular flexibility index (Phi) is 4.82. The van der Waals surface area contributed by atoms with Gasteiger partial charge in [-0.25, -0.2) is 0 Å². The number of benzene rings is 1. The maximum atomic E-state index is 5.92. The van der Waals surface area contributed by atoms with Crippen molar-refractivity contribution in [1.82, 2.24) is 10.6 Å². The molecule has 0 radical (unpaired) electrons. The van der Waals surface area contributed by atoms with E-state index in [2.05, 4.69) is 49.6 Å². The van der Waals surface area contributed by atoms with Crippen LogP contribution in [-0.2, 0) is 4.74 Å². The zero-order chi connectivity index (χ0) is 18.1. The van der Waals surface area contributed by atoms with Gasteiger partial charge in [0, 0.05) is 43.0 Å². The third kappa shape index (κ3) is 3.07. The molecule has 142 valence electrons. The van der Waals surface area contributed by atoms with Crippen LogP contribution in [-0.4, -0.2) is 44.4 Å². The fourth-order valence-electron chi connectivity index (χ4n) is 4.89. The van der Waals surface area contributed by atoms with Gasteiger partial charge in [-0.3, -0.25) is 4.99 Å². The van der Waals surface area contributed by atoms with Crippen LogP contribution < -0.4 is 15.4 Å². The van der Waals surface area contributed by atoms with Crippen molar-refractivity contribution in [3.63, 3.8) is 0 Å². The zero-order valence-corrected chi connectivity index (χ0v) is 16.1. The molecule has 1 aromatic carbocycles. The van der Waals surface area contributed by atoms with Crippen LogP contribution in [0.5, 0.6) is 5.75 Å². The van der Waals surface area contributed by atoms with Gasteiger partial charge in [0.25, 0.3) is 0 Å². The Bertz CT molecular complexity index is 673. The van der Waals surface area contributed by atoms with Gasteiger partial charge in [-0.1, -0.05) is 32.0 Å². The van der Waals surface area contributed by atoms with Gasteiger partial charge in [-0.15, -0.1) is 0 Å². The number of rotatable bonds is 4. The Morgan fingerprint density at radius 3 is 2.92 bits per heavy atom. The first-order valence-electron chi connectivity index (χ1n) is 9.99. The third-order valence-corrected chi connectivity index (χ3v) is 6.29. The smallest absolute Gasteiger partial charge is 0.191 e. The predicted octanol–water partition coefficient (Wildman–Crippen LogP) is 2.92. The van der Waals surface area contributed by atoms with E-state index >= 15 is 0 Å². The van der Waals surface area contributed by atoms with Gasteiger partial charge in [-0.05, 0) is 31.4 Å². The van der Waals surface area contributed by atoms with Crippen molar-refractivity contribution in [2.75, 3.05) is 26.3 Å². The molecule has 5 heteroatoms. The van der Waals surface area contributed by atoms with Crippen LogP contribution >= 0.6 is 0 Å². The van der Waals surface area contributed by atoms with Crippen molar-refractivity contribution >= 4 is 5.96 Å². The number of nitrogens with zero attached hydrogens (tertiary/aromatic N) is 1. The van der Waals surface area contributed by atoms with Crippen molar-refractivity contribution in [1.29, 1.82) is 0 Å². The van der Waals surface area contributed by atoms with E-state index in [-0.39, 0.29) is 5.41 Å². The average molecular weight is 357 g/mol. The molecular formula is C21H31N3O2. The number of guanidine groups is 1. The van der Waals surface area contributed by atoms with Crippen molar-refractivity contribution in [3.05, 3.63) is 29.8 Å². The first kappa shape index (κ1) is 17.7. The highest BCUT2D eigenvalue weighted by Gasteiger charge is 2.59. The van der Waals surface area contributed by atoms with Gasteiger partial charge >= 0.3 is 0 Å². The minimum Gasteiger partial charge on any atom is -0.493 e. The summed E-state index contributed by atoms with van der Waals surface area (Å²) in [7, 11) is 0. The highest BCUT2D eigenvalue weighted by atomic mass is 16.5. The highest BCUT2D eigenvalue weighted by molar-refractivity contribution is 5.80. The number of para-hydroxylation sites is 1. The SMILES string of the molecule is CCNC(=NCC1CCOc2ccccc21)NC1C2CCOC2C1(C)C. The van der Waals surface area contributed by atoms with Crippen molar-refractivity contribution in [2.45, 2.75) is 51.7 Å². The molecule has 0 bridgehead atoms. The molecule has 26 heavy (non-hydrogen) atoms. The van der Waals surface area contributed by atoms with Gasteiger partial charge < -0.3 is 20.1 Å². The molecule has 0 amide bonds. The molecule has 1 saturated carbocycles. The number of fused-ring (bicyclic) bond motifs is 2. The number of hydrogen-bond acceptors (Lipinski definition) is 3. The summed E-state index contributed by atoms with van der Waals surface area (Å²) >= 11 is 0. The molecule has 4 unspecified atom stereocenters. The summed E-state index contributed by atoms with van der Waals surface area (Å²) < 4.78 is 11.7. The van der Waals surface area contributed by atoms with Crippen molar-refractivity contribution in [3.8, 4) is 5.75 Å². The fourth-order valence-corrected chi connectivity index (χ4v) is 4.89. The maximum absolute atomic E-state index is 5.92. The molecule has 0 aromatic heterocycles. The Morgan fingerprint density at radius 1 is 1.23 bits per heavy atom. The second-order valence-corrected chi connectivity index (χ2v) is 8.28. The van der Waals surface area contributed by atoms with E-state index in [0.29, 0.717) is 24.0 Å². The Hall–Kier alpha value is -1.75. The third-order valence-electron chi connectivity index (χ3n) is 6.29. The Labute approximate surface area is 156 Å². The van der Waals surface area contributed by atoms with Crippen molar-refractivity contribution < 1.29 is 9.47 Å². The molecule has 2 aliphatic heterocycles. The van der Waals surface area contributed by atoms with Crippen LogP contribution in [0.2, 0.25) is 0 Å². The van der Waals surface area contributed by atoms with Crippen LogP contribution in [0.1, 0.15) is 45.1 Å². The molecule has 1 aliphatic carbocycles. The summed E-state index contributed by atoms with van der Waals surface area (Å²) in [5.74, 6) is 2.98. The average Bonchev–Trinajstić information content (AvgIpc) is 3.11. The van der Waals surface area contributed by atoms with Gasteiger partial charge in [0.05, 0.1) is 12.7 Å². The van der Waals surface area contributed by atoms with Crippen LogP contribution in [0.4, 0.5) is 0 Å². The lowest BCUT2D eigenvalue weighted by Crippen LogP contribution is -2.68. The van der Waals surface area contributed by atoms with Crippen LogP contribution in [0.25, 0.3) is 0 Å². The summed E-state index contributed by atoms with van der Waals surface area (Å²) in [6.45, 7) is 10.0. The molecular weight excluding hydrogens is 326 g/mol. The highest BCUT2D eigenvalue weighted by Crippen LogP contribution is 2.52. The predicted molar refractivity (Wildman–Crippen MR) is 104 cm³/mol. The molecule has 4 rings (SSSR count). The topological polar surface area (TPSA) is 54.9 Å². The summed E-state index contributed by atoms with van der Waals surface area (Å²) in [5, 5.41) is 7.14. The molecule has 1 saturated heterocycles. The lowest BCUT2D eigenvalue weighted by atomic mass is 9.57. The van der Waals surface area contributed by atoms with Gasteiger partial charge in [0.1, 0.15) is 5.75 Å². The normalized spacial score (nSPS) is 32.0. The summed E-state index contributed by atoms with van der Waals surface area (Å²) in [4.78, 5) is 4.94. The van der Waals surface area contributed by atoms with Gasteiger partial charge in [0.2, 0.25) is 0 Å². The van der Waals surface area contributed by atoms with E-state index < -0.39 is 0 Å². The monoisotopic (exact) mass is 357 g/mol. The molecule has 4 atom stereocenters.